The first-order valence-corrected chi connectivity index (χ1v) is 7.28. The van der Waals surface area contributed by atoms with Crippen LogP contribution >= 0.6 is 11.6 Å². The van der Waals surface area contributed by atoms with Crippen molar-refractivity contribution in [1.29, 1.82) is 0 Å². The van der Waals surface area contributed by atoms with Crippen LogP contribution in [-0.4, -0.2) is 28.9 Å². The molecule has 3 rings (SSSR count). The topological polar surface area (TPSA) is 33.2 Å². The molecule has 1 atom stereocenters. The summed E-state index contributed by atoms with van der Waals surface area (Å²) in [6, 6.07) is 7.91. The van der Waals surface area contributed by atoms with Gasteiger partial charge in [0.2, 0.25) is 0 Å². The molecule has 1 aliphatic rings. The molecule has 1 amide bonds. The van der Waals surface area contributed by atoms with Gasteiger partial charge in [-0.25, -0.2) is 4.98 Å². The van der Waals surface area contributed by atoms with E-state index in [4.69, 9.17) is 11.6 Å². The minimum absolute atomic E-state index is 0.0183. The summed E-state index contributed by atoms with van der Waals surface area (Å²) in [5.41, 5.74) is 0.625. The fourth-order valence-corrected chi connectivity index (χ4v) is 2.81. The monoisotopic (exact) mass is 288 g/mol. The van der Waals surface area contributed by atoms with E-state index in [0.717, 1.165) is 10.8 Å². The molecule has 20 heavy (non-hydrogen) atoms. The predicted molar refractivity (Wildman–Crippen MR) is 81.0 cm³/mol. The summed E-state index contributed by atoms with van der Waals surface area (Å²) >= 11 is 6.10. The van der Waals surface area contributed by atoms with Gasteiger partial charge in [-0.05, 0) is 31.1 Å². The lowest BCUT2D eigenvalue weighted by Crippen LogP contribution is -2.36. The molecule has 1 fully saturated rings. The Hall–Kier alpha value is -1.61. The number of pyridine rings is 1. The van der Waals surface area contributed by atoms with Crippen LogP contribution in [0.3, 0.4) is 0 Å². The van der Waals surface area contributed by atoms with Gasteiger partial charge in [-0.2, -0.15) is 0 Å². The van der Waals surface area contributed by atoms with Crippen molar-refractivity contribution in [3.63, 3.8) is 0 Å². The summed E-state index contributed by atoms with van der Waals surface area (Å²) in [6.45, 7) is 2.11. The molecule has 1 aliphatic carbocycles. The Labute approximate surface area is 123 Å². The Kier molecular flexibility index (Phi) is 3.38. The molecular weight excluding hydrogens is 272 g/mol. The van der Waals surface area contributed by atoms with Crippen molar-refractivity contribution in [2.75, 3.05) is 7.05 Å². The van der Waals surface area contributed by atoms with E-state index in [2.05, 4.69) is 11.9 Å². The molecule has 4 heteroatoms. The van der Waals surface area contributed by atoms with Gasteiger partial charge in [0.15, 0.2) is 0 Å². The Bertz CT molecular complexity index is 667. The second kappa shape index (κ2) is 5.06. The normalized spacial score (nSPS) is 16.1. The lowest BCUT2D eigenvalue weighted by atomic mass is 10.1. The fourth-order valence-electron chi connectivity index (χ4n) is 2.60. The van der Waals surface area contributed by atoms with Crippen molar-refractivity contribution in [2.45, 2.75) is 25.8 Å². The second-order valence-electron chi connectivity index (χ2n) is 5.50. The van der Waals surface area contributed by atoms with Gasteiger partial charge in [0.25, 0.3) is 5.91 Å². The van der Waals surface area contributed by atoms with E-state index in [1.54, 1.807) is 6.20 Å². The van der Waals surface area contributed by atoms with E-state index >= 15 is 0 Å². The smallest absolute Gasteiger partial charge is 0.256 e. The SMILES string of the molecule is CC(C1CC1)N(C)C(=O)c1cnc(Cl)c2ccccc12. The predicted octanol–water partition coefficient (Wildman–Crippen LogP) is 3.76. The van der Waals surface area contributed by atoms with Crippen LogP contribution in [-0.2, 0) is 0 Å². The van der Waals surface area contributed by atoms with Gasteiger partial charge in [-0.3, -0.25) is 4.79 Å². The molecule has 0 spiro atoms. The van der Waals surface area contributed by atoms with Crippen LogP contribution in [0, 0.1) is 5.92 Å². The fraction of sp³-hybridized carbons (Fsp3) is 0.375. The van der Waals surface area contributed by atoms with Crippen molar-refractivity contribution in [2.24, 2.45) is 5.92 Å². The third kappa shape index (κ3) is 2.27. The number of amides is 1. The first kappa shape index (κ1) is 13.4. The molecule has 0 aliphatic heterocycles. The van der Waals surface area contributed by atoms with Crippen LogP contribution in [0.1, 0.15) is 30.1 Å². The highest BCUT2D eigenvalue weighted by Gasteiger charge is 2.33. The Balaban J connectivity index is 2.01. The van der Waals surface area contributed by atoms with E-state index in [1.807, 2.05) is 36.2 Å². The number of benzene rings is 1. The quantitative estimate of drug-likeness (QED) is 0.806. The average Bonchev–Trinajstić information content (AvgIpc) is 3.30. The number of halogens is 1. The van der Waals surface area contributed by atoms with Gasteiger partial charge in [0.05, 0.1) is 5.56 Å². The van der Waals surface area contributed by atoms with E-state index in [1.165, 1.54) is 12.8 Å². The van der Waals surface area contributed by atoms with Crippen LogP contribution in [0.5, 0.6) is 0 Å². The molecule has 0 radical (unpaired) electrons. The zero-order valence-electron chi connectivity index (χ0n) is 11.6. The summed E-state index contributed by atoms with van der Waals surface area (Å²) in [6.07, 6.45) is 4.03. The maximum atomic E-state index is 12.7. The van der Waals surface area contributed by atoms with Gasteiger partial charge < -0.3 is 4.90 Å². The van der Waals surface area contributed by atoms with Gasteiger partial charge in [-0.1, -0.05) is 35.9 Å². The van der Waals surface area contributed by atoms with Crippen molar-refractivity contribution in [1.82, 2.24) is 9.88 Å². The molecule has 1 unspecified atom stereocenters. The number of hydrogen-bond acceptors (Lipinski definition) is 2. The van der Waals surface area contributed by atoms with Gasteiger partial charge in [0, 0.05) is 24.7 Å². The molecule has 1 aromatic heterocycles. The van der Waals surface area contributed by atoms with E-state index in [9.17, 15) is 4.79 Å². The Morgan fingerprint density at radius 2 is 2.00 bits per heavy atom. The summed E-state index contributed by atoms with van der Waals surface area (Å²) in [7, 11) is 1.87. The standard InChI is InChI=1S/C16H17ClN2O/c1-10(11-7-8-11)19(2)16(20)14-9-18-15(17)13-6-4-3-5-12(13)14/h3-6,9-11H,7-8H2,1-2H3. The Morgan fingerprint density at radius 3 is 2.65 bits per heavy atom. The van der Waals surface area contributed by atoms with Gasteiger partial charge in [-0.15, -0.1) is 0 Å². The second-order valence-corrected chi connectivity index (χ2v) is 5.86. The van der Waals surface area contributed by atoms with Crippen molar-refractivity contribution in [3.8, 4) is 0 Å². The molecule has 1 heterocycles. The number of fused-ring (bicyclic) bond motifs is 1. The summed E-state index contributed by atoms with van der Waals surface area (Å²) in [5, 5.41) is 2.13. The van der Waals surface area contributed by atoms with E-state index < -0.39 is 0 Å². The summed E-state index contributed by atoms with van der Waals surface area (Å²) in [5.74, 6) is 0.667. The summed E-state index contributed by atoms with van der Waals surface area (Å²) in [4.78, 5) is 18.7. The third-order valence-corrected chi connectivity index (χ3v) is 4.51. The van der Waals surface area contributed by atoms with Crippen LogP contribution in [0.2, 0.25) is 5.15 Å². The molecule has 2 aromatic rings. The minimum atomic E-state index is 0.0183. The highest BCUT2D eigenvalue weighted by molar-refractivity contribution is 6.34. The molecule has 0 saturated heterocycles. The summed E-state index contributed by atoms with van der Waals surface area (Å²) < 4.78 is 0. The number of nitrogens with zero attached hydrogens (tertiary/aromatic N) is 2. The number of hydrogen-bond donors (Lipinski definition) is 0. The molecule has 1 saturated carbocycles. The third-order valence-electron chi connectivity index (χ3n) is 4.21. The van der Waals surface area contributed by atoms with Gasteiger partial charge in [0.1, 0.15) is 5.15 Å². The maximum absolute atomic E-state index is 12.7. The minimum Gasteiger partial charge on any atom is -0.339 e. The number of carbonyl (C=O) groups is 1. The lowest BCUT2D eigenvalue weighted by molar-refractivity contribution is 0.0729. The molecule has 3 nitrogen and oxygen atoms in total. The zero-order valence-corrected chi connectivity index (χ0v) is 12.4. The molecular formula is C16H17ClN2O. The van der Waals surface area contributed by atoms with Crippen molar-refractivity contribution in [3.05, 3.63) is 41.2 Å². The molecule has 0 N–H and O–H groups in total. The highest BCUT2D eigenvalue weighted by atomic mass is 35.5. The lowest BCUT2D eigenvalue weighted by Gasteiger charge is -2.25. The zero-order chi connectivity index (χ0) is 14.3. The van der Waals surface area contributed by atoms with E-state index in [0.29, 0.717) is 16.6 Å². The maximum Gasteiger partial charge on any atom is 0.256 e. The van der Waals surface area contributed by atoms with Crippen LogP contribution in [0.25, 0.3) is 10.8 Å². The van der Waals surface area contributed by atoms with Crippen LogP contribution < -0.4 is 0 Å². The first-order valence-electron chi connectivity index (χ1n) is 6.90. The molecule has 0 bridgehead atoms. The van der Waals surface area contributed by atoms with Crippen LogP contribution in [0.15, 0.2) is 30.5 Å². The average molecular weight is 289 g/mol. The number of aromatic nitrogens is 1. The Morgan fingerprint density at radius 1 is 1.35 bits per heavy atom. The van der Waals surface area contributed by atoms with Crippen LogP contribution in [0.4, 0.5) is 0 Å². The number of carbonyl (C=O) groups excluding carboxylic acids is 1. The molecule has 1 aromatic carbocycles. The van der Waals surface area contributed by atoms with Crippen molar-refractivity contribution >= 4 is 28.3 Å². The highest BCUT2D eigenvalue weighted by Crippen LogP contribution is 2.35. The largest absolute Gasteiger partial charge is 0.339 e. The number of rotatable bonds is 3. The van der Waals surface area contributed by atoms with E-state index in [-0.39, 0.29) is 11.9 Å². The van der Waals surface area contributed by atoms with Gasteiger partial charge >= 0.3 is 0 Å². The first-order chi connectivity index (χ1) is 9.59. The van der Waals surface area contributed by atoms with Crippen molar-refractivity contribution < 1.29 is 4.79 Å². The molecule has 104 valence electrons.